The van der Waals surface area contributed by atoms with E-state index in [4.69, 9.17) is 40.2 Å². The number of aliphatic hydroxyl groups is 1. The van der Waals surface area contributed by atoms with E-state index in [9.17, 15) is 5.11 Å². The van der Waals surface area contributed by atoms with Crippen molar-refractivity contribution in [2.45, 2.75) is 19.2 Å². The Balaban J connectivity index is 1.49. The van der Waals surface area contributed by atoms with Gasteiger partial charge in [-0.25, -0.2) is 4.68 Å². The summed E-state index contributed by atoms with van der Waals surface area (Å²) in [5, 5.41) is 29.6. The molecule has 2 aromatic heterocycles. The van der Waals surface area contributed by atoms with Gasteiger partial charge in [-0.2, -0.15) is 0 Å². The summed E-state index contributed by atoms with van der Waals surface area (Å²) in [6.07, 6.45) is 0.925. The van der Waals surface area contributed by atoms with Crippen LogP contribution >= 0.6 is 34.8 Å². The van der Waals surface area contributed by atoms with E-state index in [-0.39, 0.29) is 12.2 Å². The third kappa shape index (κ3) is 4.23. The van der Waals surface area contributed by atoms with Crippen molar-refractivity contribution in [2.24, 2.45) is 0 Å². The number of nitrogens with zero attached hydrogens (tertiary/aromatic N) is 5. The number of benzene rings is 3. The van der Waals surface area contributed by atoms with Crippen molar-refractivity contribution in [2.75, 3.05) is 0 Å². The standard InChI is InChI=1S/C24H19Cl3N6O/c25-17-10-9-15(11-19(17)27)23(34)14-32-22-8-4-3-7-21(22)31(24(32)28)12-16-13-33(30-29-16)20-6-2-1-5-18(20)26/h1-11,13,23,28,34H,12,14H2. The van der Waals surface area contributed by atoms with Crippen LogP contribution in [0.25, 0.3) is 16.7 Å². The lowest BCUT2D eigenvalue weighted by molar-refractivity contribution is 0.155. The van der Waals surface area contributed by atoms with Gasteiger partial charge < -0.3 is 14.2 Å². The number of aromatic nitrogens is 5. The van der Waals surface area contributed by atoms with E-state index in [1.807, 2.05) is 47.0 Å². The Bertz CT molecular complexity index is 1550. The van der Waals surface area contributed by atoms with E-state index in [1.54, 1.807) is 39.7 Å². The topological polar surface area (TPSA) is 84.7 Å². The van der Waals surface area contributed by atoms with Crippen LogP contribution < -0.4 is 5.62 Å². The van der Waals surface area contributed by atoms with Crippen molar-refractivity contribution in [3.8, 4) is 5.69 Å². The quantitative estimate of drug-likeness (QED) is 0.325. The minimum absolute atomic E-state index is 0.177. The maximum Gasteiger partial charge on any atom is 0.203 e. The first-order valence-electron chi connectivity index (χ1n) is 10.4. The van der Waals surface area contributed by atoms with Gasteiger partial charge in [-0.15, -0.1) is 5.10 Å². The van der Waals surface area contributed by atoms with Crippen molar-refractivity contribution in [3.63, 3.8) is 0 Å². The molecule has 1 unspecified atom stereocenters. The molecule has 3 aromatic carbocycles. The lowest BCUT2D eigenvalue weighted by Gasteiger charge is -2.13. The van der Waals surface area contributed by atoms with E-state index in [0.29, 0.717) is 32.9 Å². The number of para-hydroxylation sites is 3. The maximum atomic E-state index is 10.9. The maximum absolute atomic E-state index is 10.9. The van der Waals surface area contributed by atoms with Crippen molar-refractivity contribution in [1.82, 2.24) is 24.1 Å². The zero-order chi connectivity index (χ0) is 23.8. The molecule has 7 nitrogen and oxygen atoms in total. The zero-order valence-corrected chi connectivity index (χ0v) is 20.0. The van der Waals surface area contributed by atoms with Crippen LogP contribution in [0.3, 0.4) is 0 Å². The van der Waals surface area contributed by atoms with Crippen LogP contribution in [0.1, 0.15) is 17.4 Å². The molecule has 0 bridgehead atoms. The molecule has 10 heteroatoms. The Morgan fingerprint density at radius 1 is 0.853 bits per heavy atom. The molecule has 0 fully saturated rings. The summed E-state index contributed by atoms with van der Waals surface area (Å²) < 4.78 is 5.22. The minimum atomic E-state index is -0.871. The summed E-state index contributed by atoms with van der Waals surface area (Å²) in [6.45, 7) is 0.510. The van der Waals surface area contributed by atoms with E-state index in [1.165, 1.54) is 0 Å². The van der Waals surface area contributed by atoms with Crippen LogP contribution in [-0.4, -0.2) is 29.2 Å². The smallest absolute Gasteiger partial charge is 0.203 e. The van der Waals surface area contributed by atoms with Gasteiger partial charge in [0.25, 0.3) is 0 Å². The normalized spacial score (nSPS) is 12.4. The number of nitrogens with one attached hydrogen (secondary N) is 1. The Morgan fingerprint density at radius 3 is 2.29 bits per heavy atom. The second kappa shape index (κ2) is 9.27. The fourth-order valence-corrected chi connectivity index (χ4v) is 4.45. The molecule has 2 N–H and O–H groups in total. The van der Waals surface area contributed by atoms with Gasteiger partial charge >= 0.3 is 0 Å². The predicted octanol–water partition coefficient (Wildman–Crippen LogP) is 5.25. The molecule has 34 heavy (non-hydrogen) atoms. The Morgan fingerprint density at radius 2 is 1.56 bits per heavy atom. The van der Waals surface area contributed by atoms with Gasteiger partial charge in [0.15, 0.2) is 0 Å². The molecule has 1 atom stereocenters. The average Bonchev–Trinajstić information content (AvgIpc) is 3.40. The van der Waals surface area contributed by atoms with Crippen molar-refractivity contribution >= 4 is 45.8 Å². The summed E-state index contributed by atoms with van der Waals surface area (Å²) in [4.78, 5) is 0. The molecule has 0 aliphatic carbocycles. The van der Waals surface area contributed by atoms with Crippen LogP contribution in [-0.2, 0) is 13.1 Å². The second-order valence-electron chi connectivity index (χ2n) is 7.80. The molecule has 5 aromatic rings. The van der Waals surface area contributed by atoms with Crippen LogP contribution in [0.5, 0.6) is 0 Å². The monoisotopic (exact) mass is 512 g/mol. The molecule has 5 rings (SSSR count). The SMILES string of the molecule is N=c1n(Cc2cn(-c3ccccc3Cl)nn2)c2ccccc2n1CC(O)c1ccc(Cl)c(Cl)c1. The predicted molar refractivity (Wildman–Crippen MR) is 133 cm³/mol. The molecule has 0 spiro atoms. The van der Waals surface area contributed by atoms with E-state index < -0.39 is 6.10 Å². The number of fused-ring (bicyclic) bond motifs is 1. The summed E-state index contributed by atoms with van der Waals surface area (Å²) >= 11 is 18.4. The van der Waals surface area contributed by atoms with Gasteiger partial charge in [0.1, 0.15) is 5.69 Å². The van der Waals surface area contributed by atoms with Gasteiger partial charge in [0.05, 0.1) is 57.2 Å². The van der Waals surface area contributed by atoms with Crippen molar-refractivity contribution in [1.29, 1.82) is 5.41 Å². The Labute approximate surface area is 209 Å². The van der Waals surface area contributed by atoms with E-state index >= 15 is 0 Å². The van der Waals surface area contributed by atoms with Gasteiger partial charge in [-0.3, -0.25) is 5.41 Å². The second-order valence-corrected chi connectivity index (χ2v) is 9.03. The molecule has 2 heterocycles. The highest BCUT2D eigenvalue weighted by atomic mass is 35.5. The van der Waals surface area contributed by atoms with Crippen LogP contribution in [0.4, 0.5) is 0 Å². The molecule has 0 saturated heterocycles. The highest BCUT2D eigenvalue weighted by molar-refractivity contribution is 6.42. The molecular formula is C24H19Cl3N6O. The highest BCUT2D eigenvalue weighted by Gasteiger charge is 2.17. The molecule has 0 radical (unpaired) electrons. The van der Waals surface area contributed by atoms with E-state index in [0.717, 1.165) is 16.7 Å². The molecule has 0 aliphatic heterocycles. The highest BCUT2D eigenvalue weighted by Crippen LogP contribution is 2.27. The van der Waals surface area contributed by atoms with Crippen molar-refractivity contribution in [3.05, 3.63) is 105 Å². The molecule has 0 aliphatic rings. The Kier molecular flexibility index (Phi) is 6.18. The van der Waals surface area contributed by atoms with Crippen LogP contribution in [0, 0.1) is 5.41 Å². The van der Waals surface area contributed by atoms with Crippen molar-refractivity contribution < 1.29 is 5.11 Å². The van der Waals surface area contributed by atoms with Crippen LogP contribution in [0.2, 0.25) is 15.1 Å². The molecule has 172 valence electrons. The number of rotatable bonds is 6. The molecule has 0 amide bonds. The number of hydrogen-bond donors (Lipinski definition) is 2. The third-order valence-electron chi connectivity index (χ3n) is 5.62. The third-order valence-corrected chi connectivity index (χ3v) is 6.68. The van der Waals surface area contributed by atoms with Gasteiger partial charge in [-0.05, 0) is 42.0 Å². The first-order valence-corrected chi connectivity index (χ1v) is 11.6. The first kappa shape index (κ1) is 22.7. The lowest BCUT2D eigenvalue weighted by atomic mass is 10.1. The fraction of sp³-hybridized carbons (Fsp3) is 0.125. The van der Waals surface area contributed by atoms with E-state index in [2.05, 4.69) is 10.3 Å². The number of halogens is 3. The van der Waals surface area contributed by atoms with Crippen LogP contribution in [0.15, 0.2) is 72.9 Å². The Hall–Kier alpha value is -3.10. The number of aliphatic hydroxyl groups excluding tert-OH is 1. The summed E-state index contributed by atoms with van der Waals surface area (Å²) in [5.41, 5.74) is 3.93. The zero-order valence-electron chi connectivity index (χ0n) is 17.7. The number of hydrogen-bond acceptors (Lipinski definition) is 4. The fourth-order valence-electron chi connectivity index (χ4n) is 3.93. The summed E-state index contributed by atoms with van der Waals surface area (Å²) in [5.74, 6) is 0. The lowest BCUT2D eigenvalue weighted by Crippen LogP contribution is -2.27. The summed E-state index contributed by atoms with van der Waals surface area (Å²) in [7, 11) is 0. The molecular weight excluding hydrogens is 495 g/mol. The summed E-state index contributed by atoms with van der Waals surface area (Å²) in [6, 6.07) is 20.1. The van der Waals surface area contributed by atoms with Gasteiger partial charge in [-0.1, -0.05) is 70.3 Å². The van der Waals surface area contributed by atoms with Gasteiger partial charge in [0.2, 0.25) is 5.62 Å². The average molecular weight is 514 g/mol. The minimum Gasteiger partial charge on any atom is -0.387 e. The number of imidazole rings is 1. The molecule has 0 saturated carbocycles. The first-order chi connectivity index (χ1) is 16.4. The van der Waals surface area contributed by atoms with Gasteiger partial charge in [0, 0.05) is 0 Å². The largest absolute Gasteiger partial charge is 0.387 e.